The first kappa shape index (κ1) is 17.1. The molecule has 2 aromatic heterocycles. The fourth-order valence-corrected chi connectivity index (χ4v) is 2.69. The van der Waals surface area contributed by atoms with Crippen LogP contribution in [0.25, 0.3) is 0 Å². The van der Waals surface area contributed by atoms with Crippen molar-refractivity contribution in [2.45, 2.75) is 26.3 Å². The number of anilines is 2. The second-order valence-corrected chi connectivity index (χ2v) is 7.14. The van der Waals surface area contributed by atoms with Crippen LogP contribution in [0.5, 0.6) is 0 Å². The van der Waals surface area contributed by atoms with Crippen LogP contribution >= 0.6 is 0 Å². The summed E-state index contributed by atoms with van der Waals surface area (Å²) >= 11 is 0. The molecule has 25 heavy (non-hydrogen) atoms. The predicted molar refractivity (Wildman–Crippen MR) is 97.9 cm³/mol. The van der Waals surface area contributed by atoms with Crippen LogP contribution in [0.15, 0.2) is 36.8 Å². The number of hydrogen-bond donors (Lipinski definition) is 1. The van der Waals surface area contributed by atoms with Crippen molar-refractivity contribution in [3.8, 4) is 0 Å². The van der Waals surface area contributed by atoms with Crippen molar-refractivity contribution in [2.75, 3.05) is 36.0 Å². The second-order valence-electron chi connectivity index (χ2n) is 7.14. The quantitative estimate of drug-likeness (QED) is 0.917. The van der Waals surface area contributed by atoms with Crippen molar-refractivity contribution < 1.29 is 4.79 Å². The number of aromatic nitrogens is 3. The molecule has 0 aromatic carbocycles. The van der Waals surface area contributed by atoms with Crippen molar-refractivity contribution in [3.05, 3.63) is 42.4 Å². The van der Waals surface area contributed by atoms with E-state index in [0.29, 0.717) is 11.5 Å². The summed E-state index contributed by atoms with van der Waals surface area (Å²) in [5.41, 5.74) is 0.197. The number of rotatable bonds is 3. The Balaban J connectivity index is 1.60. The number of amides is 1. The minimum atomic E-state index is -0.280. The summed E-state index contributed by atoms with van der Waals surface area (Å²) in [5, 5.41) is 2.91. The number of piperazine rings is 1. The Morgan fingerprint density at radius 2 is 1.64 bits per heavy atom. The van der Waals surface area contributed by atoms with E-state index in [1.807, 2.05) is 45.2 Å². The van der Waals surface area contributed by atoms with Gasteiger partial charge in [-0.2, -0.15) is 0 Å². The zero-order valence-electron chi connectivity index (χ0n) is 14.9. The van der Waals surface area contributed by atoms with Crippen LogP contribution in [0.3, 0.4) is 0 Å². The number of nitrogens with one attached hydrogen (secondary N) is 1. The van der Waals surface area contributed by atoms with Gasteiger partial charge in [-0.15, -0.1) is 0 Å². The highest BCUT2D eigenvalue weighted by molar-refractivity contribution is 5.94. The monoisotopic (exact) mass is 340 g/mol. The Morgan fingerprint density at radius 3 is 2.20 bits per heavy atom. The average molecular weight is 340 g/mol. The molecule has 0 bridgehead atoms. The van der Waals surface area contributed by atoms with E-state index in [1.165, 1.54) is 0 Å². The van der Waals surface area contributed by atoms with Crippen LogP contribution in [0.2, 0.25) is 0 Å². The third kappa shape index (κ3) is 4.43. The van der Waals surface area contributed by atoms with Gasteiger partial charge in [-0.1, -0.05) is 6.07 Å². The molecule has 0 saturated carbocycles. The molecular weight excluding hydrogens is 316 g/mol. The van der Waals surface area contributed by atoms with Crippen molar-refractivity contribution in [1.29, 1.82) is 0 Å². The highest BCUT2D eigenvalue weighted by Gasteiger charge is 2.21. The molecule has 1 amide bonds. The van der Waals surface area contributed by atoms with E-state index in [1.54, 1.807) is 12.4 Å². The first-order valence-corrected chi connectivity index (χ1v) is 8.48. The van der Waals surface area contributed by atoms with Crippen LogP contribution in [-0.4, -0.2) is 52.6 Å². The maximum atomic E-state index is 12.1. The summed E-state index contributed by atoms with van der Waals surface area (Å²) in [5.74, 6) is 1.50. The minimum Gasteiger partial charge on any atom is -0.353 e. The maximum Gasteiger partial charge on any atom is 0.254 e. The molecule has 7 nitrogen and oxygen atoms in total. The van der Waals surface area contributed by atoms with Crippen LogP contribution in [0.4, 0.5) is 11.8 Å². The molecule has 2 aromatic rings. The fraction of sp³-hybridized carbons (Fsp3) is 0.444. The molecule has 7 heteroatoms. The predicted octanol–water partition coefficient (Wildman–Crippen LogP) is 1.73. The SMILES string of the molecule is CC(C)(C)NC(=O)c1cnc(N2CCN(c3ccccn3)CC2)nc1. The number of carbonyl (C=O) groups excluding carboxylic acids is 1. The van der Waals surface area contributed by atoms with Gasteiger partial charge in [-0.25, -0.2) is 15.0 Å². The Labute approximate surface area is 148 Å². The lowest BCUT2D eigenvalue weighted by molar-refractivity contribution is 0.0919. The largest absolute Gasteiger partial charge is 0.353 e. The highest BCUT2D eigenvalue weighted by Crippen LogP contribution is 2.16. The van der Waals surface area contributed by atoms with Crippen molar-refractivity contribution in [1.82, 2.24) is 20.3 Å². The molecule has 1 aliphatic heterocycles. The third-order valence-corrected chi connectivity index (χ3v) is 3.92. The molecule has 1 aliphatic rings. The van der Waals surface area contributed by atoms with E-state index in [0.717, 1.165) is 32.0 Å². The summed E-state index contributed by atoms with van der Waals surface area (Å²) in [6, 6.07) is 5.94. The molecule has 0 aliphatic carbocycles. The normalized spacial score (nSPS) is 15.2. The van der Waals surface area contributed by atoms with Crippen LogP contribution < -0.4 is 15.1 Å². The smallest absolute Gasteiger partial charge is 0.254 e. The summed E-state index contributed by atoms with van der Waals surface area (Å²) < 4.78 is 0. The molecule has 3 rings (SSSR count). The molecule has 0 unspecified atom stereocenters. The van der Waals surface area contributed by atoms with E-state index in [4.69, 9.17) is 0 Å². The Hall–Kier alpha value is -2.70. The van der Waals surface area contributed by atoms with Gasteiger partial charge in [-0.3, -0.25) is 4.79 Å². The maximum absolute atomic E-state index is 12.1. The zero-order chi connectivity index (χ0) is 17.9. The molecule has 1 fully saturated rings. The van der Waals surface area contributed by atoms with Gasteiger partial charge in [0.1, 0.15) is 5.82 Å². The lowest BCUT2D eigenvalue weighted by Gasteiger charge is -2.35. The van der Waals surface area contributed by atoms with Crippen molar-refractivity contribution in [3.63, 3.8) is 0 Å². The molecule has 132 valence electrons. The molecular formula is C18H24N6O. The second kappa shape index (κ2) is 7.04. The van der Waals surface area contributed by atoms with Crippen LogP contribution in [0, 0.1) is 0 Å². The molecule has 1 N–H and O–H groups in total. The molecule has 3 heterocycles. The van der Waals surface area contributed by atoms with Crippen LogP contribution in [0.1, 0.15) is 31.1 Å². The number of nitrogens with zero attached hydrogens (tertiary/aromatic N) is 5. The van der Waals surface area contributed by atoms with Gasteiger partial charge in [-0.05, 0) is 32.9 Å². The standard InChI is InChI=1S/C18H24N6O/c1-18(2,3)22-16(25)14-12-20-17(21-13-14)24-10-8-23(9-11-24)15-6-4-5-7-19-15/h4-7,12-13H,8-11H2,1-3H3,(H,22,25). The first-order chi connectivity index (χ1) is 11.9. The lowest BCUT2D eigenvalue weighted by atomic mass is 10.1. The lowest BCUT2D eigenvalue weighted by Crippen LogP contribution is -2.47. The first-order valence-electron chi connectivity index (χ1n) is 8.48. The topological polar surface area (TPSA) is 74.2 Å². The van der Waals surface area contributed by atoms with E-state index in [-0.39, 0.29) is 11.4 Å². The Kier molecular flexibility index (Phi) is 4.83. The number of hydrogen-bond acceptors (Lipinski definition) is 6. The molecule has 1 saturated heterocycles. The summed E-state index contributed by atoms with van der Waals surface area (Å²) in [6.45, 7) is 9.22. The van der Waals surface area contributed by atoms with Gasteiger partial charge < -0.3 is 15.1 Å². The number of pyridine rings is 1. The summed E-state index contributed by atoms with van der Waals surface area (Å²) in [6.07, 6.45) is 5.00. The minimum absolute atomic E-state index is 0.154. The van der Waals surface area contributed by atoms with E-state index < -0.39 is 0 Å². The zero-order valence-corrected chi connectivity index (χ0v) is 14.9. The van der Waals surface area contributed by atoms with Crippen molar-refractivity contribution >= 4 is 17.7 Å². The Bertz CT molecular complexity index is 703. The van der Waals surface area contributed by atoms with Gasteiger partial charge in [0.2, 0.25) is 5.95 Å². The van der Waals surface area contributed by atoms with Crippen molar-refractivity contribution in [2.24, 2.45) is 0 Å². The van der Waals surface area contributed by atoms with Gasteiger partial charge in [0.05, 0.1) is 5.56 Å². The molecule has 0 atom stereocenters. The summed E-state index contributed by atoms with van der Waals surface area (Å²) in [4.78, 5) is 29.6. The summed E-state index contributed by atoms with van der Waals surface area (Å²) in [7, 11) is 0. The van der Waals surface area contributed by atoms with Gasteiger partial charge in [0.25, 0.3) is 5.91 Å². The Morgan fingerprint density at radius 1 is 1.00 bits per heavy atom. The number of carbonyl (C=O) groups is 1. The van der Waals surface area contributed by atoms with E-state index >= 15 is 0 Å². The van der Waals surface area contributed by atoms with Gasteiger partial charge in [0, 0.05) is 50.3 Å². The molecule has 0 spiro atoms. The highest BCUT2D eigenvalue weighted by atomic mass is 16.1. The molecule has 0 radical (unpaired) electrons. The third-order valence-electron chi connectivity index (χ3n) is 3.92. The fourth-order valence-electron chi connectivity index (χ4n) is 2.69. The van der Waals surface area contributed by atoms with E-state index in [2.05, 4.69) is 30.1 Å². The van der Waals surface area contributed by atoms with Gasteiger partial charge in [0.15, 0.2) is 0 Å². The van der Waals surface area contributed by atoms with Crippen LogP contribution in [-0.2, 0) is 0 Å². The van der Waals surface area contributed by atoms with Gasteiger partial charge >= 0.3 is 0 Å². The van der Waals surface area contributed by atoms with E-state index in [9.17, 15) is 4.79 Å². The average Bonchev–Trinajstić information content (AvgIpc) is 2.61.